The van der Waals surface area contributed by atoms with Crippen LogP contribution in [-0.4, -0.2) is 34.0 Å². The van der Waals surface area contributed by atoms with Crippen molar-refractivity contribution in [2.75, 3.05) is 13.6 Å². The van der Waals surface area contributed by atoms with Gasteiger partial charge in [-0.2, -0.15) is 0 Å². The molecule has 1 atom stereocenters. The number of aryl methyl sites for hydroxylation is 1. The Morgan fingerprint density at radius 2 is 1.52 bits per heavy atom. The third-order valence-corrected chi connectivity index (χ3v) is 6.24. The molecule has 3 N–H and O–H groups in total. The first-order valence-corrected chi connectivity index (χ1v) is 11.9. The molecule has 0 fully saturated rings. The van der Waals surface area contributed by atoms with E-state index in [9.17, 15) is 8.42 Å². The zero-order valence-corrected chi connectivity index (χ0v) is 22.1. The number of hydrogen-bond donors (Lipinski definition) is 3. The molecule has 0 heterocycles. The molecule has 0 bridgehead atoms. The number of guanidine groups is 1. The van der Waals surface area contributed by atoms with E-state index >= 15 is 0 Å². The van der Waals surface area contributed by atoms with Crippen molar-refractivity contribution in [2.24, 2.45) is 4.99 Å². The summed E-state index contributed by atoms with van der Waals surface area (Å²) < 4.78 is 26.7. The number of benzene rings is 2. The lowest BCUT2D eigenvalue weighted by Gasteiger charge is -2.17. The van der Waals surface area contributed by atoms with E-state index in [2.05, 4.69) is 58.5 Å². The lowest BCUT2D eigenvalue weighted by Crippen LogP contribution is -2.38. The summed E-state index contributed by atoms with van der Waals surface area (Å²) in [7, 11) is -1.56. The van der Waals surface area contributed by atoms with E-state index in [1.807, 2.05) is 38.1 Å². The maximum Gasteiger partial charge on any atom is 0.216 e. The van der Waals surface area contributed by atoms with E-state index in [1.165, 1.54) is 11.1 Å². The lowest BCUT2D eigenvalue weighted by molar-refractivity contribution is 0.569. The molecule has 0 spiro atoms. The van der Waals surface area contributed by atoms with Crippen molar-refractivity contribution >= 4 is 40.0 Å². The molecule has 2 rings (SSSR count). The highest BCUT2D eigenvalue weighted by Crippen LogP contribution is 2.14. The first-order valence-electron chi connectivity index (χ1n) is 10.3. The van der Waals surface area contributed by atoms with Crippen LogP contribution in [0, 0.1) is 6.92 Å². The van der Waals surface area contributed by atoms with E-state index in [0.717, 1.165) is 23.6 Å². The van der Waals surface area contributed by atoms with Gasteiger partial charge in [0.1, 0.15) is 0 Å². The standard InChI is InChI=1S/C23H34N4O2S.HI/c1-17(2)27-30(28,29)16-21-10-8-20(9-11-21)15-26-23(24-5)25-14-19(4)22-12-6-18(3)7-13-22;/h6-13,17,19,27H,14-16H2,1-5H3,(H2,24,25,26);1H. The summed E-state index contributed by atoms with van der Waals surface area (Å²) in [6.45, 7) is 9.29. The quantitative estimate of drug-likeness (QED) is 0.248. The van der Waals surface area contributed by atoms with Crippen LogP contribution in [-0.2, 0) is 22.3 Å². The number of nitrogens with one attached hydrogen (secondary N) is 3. The van der Waals surface area contributed by atoms with Crippen molar-refractivity contribution in [2.45, 2.75) is 52.0 Å². The fourth-order valence-electron chi connectivity index (χ4n) is 3.04. The number of sulfonamides is 1. The molecule has 31 heavy (non-hydrogen) atoms. The van der Waals surface area contributed by atoms with E-state index in [4.69, 9.17) is 0 Å². The van der Waals surface area contributed by atoms with Gasteiger partial charge in [-0.25, -0.2) is 13.1 Å². The van der Waals surface area contributed by atoms with E-state index in [1.54, 1.807) is 7.05 Å². The molecule has 0 aromatic heterocycles. The minimum atomic E-state index is -3.31. The van der Waals surface area contributed by atoms with Crippen LogP contribution in [0.2, 0.25) is 0 Å². The molecule has 2 aromatic rings. The number of halogens is 1. The second-order valence-electron chi connectivity index (χ2n) is 7.97. The van der Waals surface area contributed by atoms with Gasteiger partial charge in [0.05, 0.1) is 5.75 Å². The highest BCUT2D eigenvalue weighted by molar-refractivity contribution is 14.0. The van der Waals surface area contributed by atoms with Crippen LogP contribution in [0.15, 0.2) is 53.5 Å². The number of nitrogens with zero attached hydrogens (tertiary/aromatic N) is 1. The average molecular weight is 559 g/mol. The molecular weight excluding hydrogens is 523 g/mol. The first kappa shape index (κ1) is 27.4. The summed E-state index contributed by atoms with van der Waals surface area (Å²) in [6, 6.07) is 16.1. The maximum absolute atomic E-state index is 12.0. The van der Waals surface area contributed by atoms with Gasteiger partial charge in [-0.15, -0.1) is 24.0 Å². The first-order chi connectivity index (χ1) is 14.2. The van der Waals surface area contributed by atoms with E-state index in [0.29, 0.717) is 12.5 Å². The normalized spacial score (nSPS) is 12.9. The second kappa shape index (κ2) is 13.0. The average Bonchev–Trinajstić information content (AvgIpc) is 2.68. The third-order valence-electron chi connectivity index (χ3n) is 4.70. The van der Waals surface area contributed by atoms with E-state index < -0.39 is 10.0 Å². The van der Waals surface area contributed by atoms with Gasteiger partial charge < -0.3 is 10.6 Å². The Morgan fingerprint density at radius 3 is 2.06 bits per heavy atom. The summed E-state index contributed by atoms with van der Waals surface area (Å²) >= 11 is 0. The summed E-state index contributed by atoms with van der Waals surface area (Å²) in [5.74, 6) is 1.09. The smallest absolute Gasteiger partial charge is 0.216 e. The molecule has 0 saturated heterocycles. The highest BCUT2D eigenvalue weighted by Gasteiger charge is 2.13. The van der Waals surface area contributed by atoms with Crippen LogP contribution in [0.5, 0.6) is 0 Å². The molecule has 0 saturated carbocycles. The van der Waals surface area contributed by atoms with Crippen LogP contribution >= 0.6 is 24.0 Å². The molecule has 0 radical (unpaired) electrons. The molecule has 0 aliphatic rings. The Balaban J connectivity index is 0.00000480. The zero-order chi connectivity index (χ0) is 22.1. The summed E-state index contributed by atoms with van der Waals surface area (Å²) in [4.78, 5) is 4.28. The van der Waals surface area contributed by atoms with Gasteiger partial charge in [0, 0.05) is 26.2 Å². The molecule has 2 aromatic carbocycles. The van der Waals surface area contributed by atoms with Gasteiger partial charge in [-0.1, -0.05) is 61.0 Å². The van der Waals surface area contributed by atoms with Gasteiger partial charge in [0.15, 0.2) is 5.96 Å². The number of rotatable bonds is 9. The molecule has 0 amide bonds. The summed E-state index contributed by atoms with van der Waals surface area (Å²) in [6.07, 6.45) is 0. The fourth-order valence-corrected chi connectivity index (χ4v) is 4.48. The summed E-state index contributed by atoms with van der Waals surface area (Å²) in [5.41, 5.74) is 4.38. The van der Waals surface area contributed by atoms with Gasteiger partial charge in [0.25, 0.3) is 0 Å². The van der Waals surface area contributed by atoms with Crippen molar-refractivity contribution in [1.29, 1.82) is 0 Å². The molecule has 0 aliphatic heterocycles. The third kappa shape index (κ3) is 10.0. The zero-order valence-electron chi connectivity index (χ0n) is 19.0. The van der Waals surface area contributed by atoms with Crippen molar-refractivity contribution in [3.05, 3.63) is 70.8 Å². The molecule has 172 valence electrons. The molecule has 0 aliphatic carbocycles. The van der Waals surface area contributed by atoms with E-state index in [-0.39, 0.29) is 35.8 Å². The van der Waals surface area contributed by atoms with Crippen molar-refractivity contribution in [1.82, 2.24) is 15.4 Å². The van der Waals surface area contributed by atoms with Gasteiger partial charge in [-0.05, 0) is 43.4 Å². The predicted octanol–water partition coefficient (Wildman–Crippen LogP) is 3.91. The summed E-state index contributed by atoms with van der Waals surface area (Å²) in [5, 5.41) is 6.67. The topological polar surface area (TPSA) is 82.6 Å². The van der Waals surface area contributed by atoms with Crippen molar-refractivity contribution < 1.29 is 8.42 Å². The van der Waals surface area contributed by atoms with Crippen LogP contribution in [0.25, 0.3) is 0 Å². The molecule has 8 heteroatoms. The second-order valence-corrected chi connectivity index (χ2v) is 9.72. The largest absolute Gasteiger partial charge is 0.356 e. The highest BCUT2D eigenvalue weighted by atomic mass is 127. The molecule has 1 unspecified atom stereocenters. The Kier molecular flexibility index (Phi) is 11.5. The lowest BCUT2D eigenvalue weighted by atomic mass is 10.0. The Labute approximate surface area is 204 Å². The van der Waals surface area contributed by atoms with Crippen LogP contribution in [0.4, 0.5) is 0 Å². The maximum atomic E-state index is 12.0. The Morgan fingerprint density at radius 1 is 0.935 bits per heavy atom. The Bertz CT molecular complexity index is 927. The van der Waals surface area contributed by atoms with Crippen LogP contribution < -0.4 is 15.4 Å². The minimum absolute atomic E-state index is 0. The van der Waals surface area contributed by atoms with Crippen LogP contribution in [0.3, 0.4) is 0 Å². The molecule has 6 nitrogen and oxygen atoms in total. The van der Waals surface area contributed by atoms with Gasteiger partial charge >= 0.3 is 0 Å². The monoisotopic (exact) mass is 558 g/mol. The predicted molar refractivity (Wildman–Crippen MR) is 141 cm³/mol. The van der Waals surface area contributed by atoms with Crippen molar-refractivity contribution in [3.8, 4) is 0 Å². The number of aliphatic imine (C=N–C) groups is 1. The van der Waals surface area contributed by atoms with Crippen molar-refractivity contribution in [3.63, 3.8) is 0 Å². The molecular formula is C23H35IN4O2S. The fraction of sp³-hybridized carbons (Fsp3) is 0.435. The van der Waals surface area contributed by atoms with Gasteiger partial charge in [-0.3, -0.25) is 4.99 Å². The SMILES string of the molecule is CN=C(NCc1ccc(CS(=O)(=O)NC(C)C)cc1)NCC(C)c1ccc(C)cc1.I. The van der Waals surface area contributed by atoms with Gasteiger partial charge in [0.2, 0.25) is 10.0 Å². The minimum Gasteiger partial charge on any atom is -0.356 e. The Hall–Kier alpha value is -1.65. The number of hydrogen-bond acceptors (Lipinski definition) is 3. The van der Waals surface area contributed by atoms with Crippen LogP contribution in [0.1, 0.15) is 48.9 Å².